The van der Waals surface area contributed by atoms with Crippen LogP contribution in [-0.4, -0.2) is 39.4 Å². The minimum Gasteiger partial charge on any atom is -0.393 e. The maximum absolute atomic E-state index is 13.1. The summed E-state index contributed by atoms with van der Waals surface area (Å²) >= 11 is 0. The standard InChI is InChI=1S/C20H30O4/c1-10-11-5-6-12-19(4)8-7-14(21)18(2,3)13(19)9-15(22)20(12,16(10)23)17(11)24/h11-15,17,21-22,24H,1,5-9H2,2-4H3/t11-,12-,13+,14-,15+,17+,19-,20-/m0/s1. The highest BCUT2D eigenvalue weighted by atomic mass is 16.3. The predicted molar refractivity (Wildman–Crippen MR) is 90.0 cm³/mol. The molecule has 4 aliphatic rings. The first-order chi connectivity index (χ1) is 11.1. The number of fused-ring (bicyclic) bond motifs is 3. The smallest absolute Gasteiger partial charge is 0.170 e. The van der Waals surface area contributed by atoms with E-state index in [4.69, 9.17) is 0 Å². The number of Topliss-reactive ketones (excluding diaryl/α,β-unsaturated/α-hetero) is 1. The SMILES string of the molecule is C=C1C(=O)[C@@]23[C@H](O)C[C@@H]4C(C)(C)[C@@H](O)CC[C@@]4(C)[C@@H]2CC[C@@H]1[C@H]3O. The molecule has 4 rings (SSSR count). The van der Waals surface area contributed by atoms with Crippen LogP contribution in [0.4, 0.5) is 0 Å². The molecule has 134 valence electrons. The Hall–Kier alpha value is -0.710. The molecule has 0 heterocycles. The second-order valence-corrected chi connectivity index (χ2v) is 9.65. The van der Waals surface area contributed by atoms with Crippen molar-refractivity contribution in [3.63, 3.8) is 0 Å². The number of ketones is 1. The maximum Gasteiger partial charge on any atom is 0.170 e. The van der Waals surface area contributed by atoms with Crippen LogP contribution < -0.4 is 0 Å². The van der Waals surface area contributed by atoms with Crippen molar-refractivity contribution in [2.75, 3.05) is 0 Å². The highest BCUT2D eigenvalue weighted by Crippen LogP contribution is 2.70. The van der Waals surface area contributed by atoms with Crippen molar-refractivity contribution in [3.8, 4) is 0 Å². The van der Waals surface area contributed by atoms with E-state index in [1.54, 1.807) is 0 Å². The van der Waals surface area contributed by atoms with E-state index in [0.717, 1.165) is 25.7 Å². The average molecular weight is 334 g/mol. The summed E-state index contributed by atoms with van der Waals surface area (Å²) < 4.78 is 0. The summed E-state index contributed by atoms with van der Waals surface area (Å²) in [5.74, 6) is -0.183. The van der Waals surface area contributed by atoms with E-state index in [0.29, 0.717) is 12.0 Å². The van der Waals surface area contributed by atoms with E-state index >= 15 is 0 Å². The zero-order valence-corrected chi connectivity index (χ0v) is 15.0. The molecular weight excluding hydrogens is 304 g/mol. The summed E-state index contributed by atoms with van der Waals surface area (Å²) in [6, 6.07) is 0. The summed E-state index contributed by atoms with van der Waals surface area (Å²) in [4.78, 5) is 13.1. The number of aliphatic hydroxyl groups is 3. The van der Waals surface area contributed by atoms with Gasteiger partial charge in [-0.15, -0.1) is 0 Å². The summed E-state index contributed by atoms with van der Waals surface area (Å²) in [6.07, 6.45) is 1.62. The van der Waals surface area contributed by atoms with E-state index in [2.05, 4.69) is 27.4 Å². The highest BCUT2D eigenvalue weighted by molar-refractivity contribution is 6.04. The Morgan fingerprint density at radius 3 is 2.33 bits per heavy atom. The Morgan fingerprint density at radius 1 is 1.00 bits per heavy atom. The average Bonchev–Trinajstić information content (AvgIpc) is 2.64. The maximum atomic E-state index is 13.1. The van der Waals surface area contributed by atoms with Crippen molar-refractivity contribution >= 4 is 5.78 Å². The molecule has 0 aromatic carbocycles. The molecule has 0 aromatic rings. The van der Waals surface area contributed by atoms with Gasteiger partial charge in [-0.1, -0.05) is 27.4 Å². The Labute approximate surface area is 144 Å². The fraction of sp³-hybridized carbons (Fsp3) is 0.850. The first kappa shape index (κ1) is 16.7. The zero-order chi connectivity index (χ0) is 17.7. The number of hydrogen-bond acceptors (Lipinski definition) is 4. The fourth-order valence-corrected chi connectivity index (χ4v) is 7.33. The third kappa shape index (κ3) is 1.59. The van der Waals surface area contributed by atoms with Gasteiger partial charge in [-0.3, -0.25) is 4.79 Å². The third-order valence-electron chi connectivity index (χ3n) is 8.66. The third-order valence-corrected chi connectivity index (χ3v) is 8.66. The van der Waals surface area contributed by atoms with Crippen molar-refractivity contribution in [2.45, 2.75) is 71.2 Å². The number of aliphatic hydroxyl groups excluding tert-OH is 3. The van der Waals surface area contributed by atoms with E-state index in [-0.39, 0.29) is 40.5 Å². The van der Waals surface area contributed by atoms with Gasteiger partial charge < -0.3 is 15.3 Å². The molecule has 0 aromatic heterocycles. The lowest BCUT2D eigenvalue weighted by Gasteiger charge is -2.66. The van der Waals surface area contributed by atoms with Gasteiger partial charge in [-0.2, -0.15) is 0 Å². The lowest BCUT2D eigenvalue weighted by atomic mass is 9.39. The van der Waals surface area contributed by atoms with Crippen LogP contribution in [0.2, 0.25) is 0 Å². The molecular formula is C20H30O4. The largest absolute Gasteiger partial charge is 0.393 e. The van der Waals surface area contributed by atoms with Gasteiger partial charge in [-0.25, -0.2) is 0 Å². The van der Waals surface area contributed by atoms with E-state index < -0.39 is 17.6 Å². The summed E-state index contributed by atoms with van der Waals surface area (Å²) in [5.41, 5.74) is -0.991. The molecule has 24 heavy (non-hydrogen) atoms. The molecule has 4 nitrogen and oxygen atoms in total. The van der Waals surface area contributed by atoms with E-state index in [9.17, 15) is 20.1 Å². The first-order valence-corrected chi connectivity index (χ1v) is 9.37. The van der Waals surface area contributed by atoms with Crippen LogP contribution in [0.25, 0.3) is 0 Å². The minimum atomic E-state index is -1.07. The lowest BCUT2D eigenvalue weighted by Crippen LogP contribution is -2.68. The molecule has 4 fully saturated rings. The molecule has 0 saturated heterocycles. The van der Waals surface area contributed by atoms with Gasteiger partial charge in [0.2, 0.25) is 0 Å². The molecule has 4 heteroatoms. The van der Waals surface area contributed by atoms with Gasteiger partial charge in [0.25, 0.3) is 0 Å². The predicted octanol–water partition coefficient (Wildman–Crippen LogP) is 2.07. The molecule has 4 saturated carbocycles. The molecule has 0 aliphatic heterocycles. The summed E-state index contributed by atoms with van der Waals surface area (Å²) in [5, 5.41) is 32.6. The van der Waals surface area contributed by atoms with Crippen molar-refractivity contribution in [1.82, 2.24) is 0 Å². The van der Waals surface area contributed by atoms with Crippen LogP contribution in [0, 0.1) is 34.0 Å². The van der Waals surface area contributed by atoms with Crippen molar-refractivity contribution < 1.29 is 20.1 Å². The Bertz CT molecular complexity index is 611. The van der Waals surface area contributed by atoms with Gasteiger partial charge in [0.1, 0.15) is 0 Å². The van der Waals surface area contributed by atoms with Gasteiger partial charge in [0, 0.05) is 5.92 Å². The zero-order valence-electron chi connectivity index (χ0n) is 15.0. The van der Waals surface area contributed by atoms with Gasteiger partial charge in [0.05, 0.1) is 23.7 Å². The van der Waals surface area contributed by atoms with Crippen LogP contribution >= 0.6 is 0 Å². The highest BCUT2D eigenvalue weighted by Gasteiger charge is 2.74. The van der Waals surface area contributed by atoms with Crippen LogP contribution in [0.5, 0.6) is 0 Å². The molecule has 8 atom stereocenters. The molecule has 4 aliphatic carbocycles. The van der Waals surface area contributed by atoms with Crippen LogP contribution in [-0.2, 0) is 4.79 Å². The number of carbonyl (C=O) groups is 1. The van der Waals surface area contributed by atoms with Gasteiger partial charge in [-0.05, 0) is 60.3 Å². The Balaban J connectivity index is 1.87. The number of carbonyl (C=O) groups excluding carboxylic acids is 1. The topological polar surface area (TPSA) is 77.8 Å². The minimum absolute atomic E-state index is 0.0384. The molecule has 0 unspecified atom stereocenters. The van der Waals surface area contributed by atoms with Crippen molar-refractivity contribution in [2.24, 2.45) is 34.0 Å². The number of hydrogen-bond donors (Lipinski definition) is 3. The summed E-state index contributed by atoms with van der Waals surface area (Å²) in [6.45, 7) is 10.4. The first-order valence-electron chi connectivity index (χ1n) is 9.37. The van der Waals surface area contributed by atoms with E-state index in [1.807, 2.05) is 0 Å². The van der Waals surface area contributed by atoms with Crippen LogP contribution in [0.1, 0.15) is 52.9 Å². The van der Waals surface area contributed by atoms with Gasteiger partial charge in [0.15, 0.2) is 5.78 Å². The normalized spacial score (nSPS) is 55.9. The second kappa shape index (κ2) is 4.72. The van der Waals surface area contributed by atoms with Crippen LogP contribution in [0.15, 0.2) is 12.2 Å². The number of rotatable bonds is 0. The molecule has 0 amide bonds. The van der Waals surface area contributed by atoms with Crippen molar-refractivity contribution in [3.05, 3.63) is 12.2 Å². The monoisotopic (exact) mass is 334 g/mol. The fourth-order valence-electron chi connectivity index (χ4n) is 7.33. The van der Waals surface area contributed by atoms with Gasteiger partial charge >= 0.3 is 0 Å². The second-order valence-electron chi connectivity index (χ2n) is 9.65. The molecule has 1 spiro atoms. The molecule has 2 bridgehead atoms. The van der Waals surface area contributed by atoms with Crippen LogP contribution in [0.3, 0.4) is 0 Å². The summed E-state index contributed by atoms with van der Waals surface area (Å²) in [7, 11) is 0. The van der Waals surface area contributed by atoms with E-state index in [1.165, 1.54) is 0 Å². The Morgan fingerprint density at radius 2 is 1.67 bits per heavy atom. The quantitative estimate of drug-likeness (QED) is 0.593. The molecule has 0 radical (unpaired) electrons. The Kier molecular flexibility index (Phi) is 3.29. The van der Waals surface area contributed by atoms with Crippen molar-refractivity contribution in [1.29, 1.82) is 0 Å². The lowest BCUT2D eigenvalue weighted by molar-refractivity contribution is -0.239. The molecule has 3 N–H and O–H groups in total.